The van der Waals surface area contributed by atoms with Crippen LogP contribution in [0.25, 0.3) is 0 Å². The Morgan fingerprint density at radius 2 is 1.77 bits per heavy atom. The maximum absolute atomic E-state index is 13.3. The smallest absolute Gasteiger partial charge is 0.136 e. The number of carbonyl (C=O) groups is 1. The molecule has 5 aliphatic rings. The first-order chi connectivity index (χ1) is 14.2. The normalized spacial score (nSPS) is 52.1. The summed E-state index contributed by atoms with van der Waals surface area (Å²) in [7, 11) is 0. The predicted molar refractivity (Wildman–Crippen MR) is 121 cm³/mol. The minimum absolute atomic E-state index is 0.113. The number of aliphatic hydroxyl groups is 1. The van der Waals surface area contributed by atoms with Gasteiger partial charge in [0.2, 0.25) is 0 Å². The third-order valence-electron chi connectivity index (χ3n) is 11.1. The maximum atomic E-state index is 13.3. The summed E-state index contributed by atoms with van der Waals surface area (Å²) in [4.78, 5) is 18.3. The van der Waals surface area contributed by atoms with E-state index < -0.39 is 0 Å². The van der Waals surface area contributed by atoms with E-state index in [1.54, 1.807) is 0 Å². The molecule has 1 heterocycles. The SMILES string of the molecule is CC1CCC(C(C)[C@H]2CC[C@H]3[C@@H]4CC(=O)[C@H]5C[C@@H](O)CC[C@]5(C)[C@H]4CC[C@]23C)=NC1. The van der Waals surface area contributed by atoms with Crippen molar-refractivity contribution in [1.82, 2.24) is 0 Å². The van der Waals surface area contributed by atoms with Crippen molar-refractivity contribution in [3.63, 3.8) is 0 Å². The summed E-state index contributed by atoms with van der Waals surface area (Å²) in [6.45, 7) is 10.8. The second kappa shape index (κ2) is 7.42. The van der Waals surface area contributed by atoms with Crippen molar-refractivity contribution in [3.05, 3.63) is 0 Å². The topological polar surface area (TPSA) is 49.7 Å². The minimum Gasteiger partial charge on any atom is -0.393 e. The number of hydrogen-bond donors (Lipinski definition) is 1. The Balaban J connectivity index is 1.39. The highest BCUT2D eigenvalue weighted by atomic mass is 16.3. The summed E-state index contributed by atoms with van der Waals surface area (Å²) in [5, 5.41) is 10.2. The number of ketones is 1. The van der Waals surface area contributed by atoms with Gasteiger partial charge in [-0.25, -0.2) is 0 Å². The van der Waals surface area contributed by atoms with Gasteiger partial charge in [-0.05, 0) is 104 Å². The summed E-state index contributed by atoms with van der Waals surface area (Å²) in [6.07, 6.45) is 11.0. The van der Waals surface area contributed by atoms with E-state index in [9.17, 15) is 9.90 Å². The van der Waals surface area contributed by atoms with Crippen LogP contribution in [-0.2, 0) is 4.79 Å². The van der Waals surface area contributed by atoms with E-state index >= 15 is 0 Å². The maximum Gasteiger partial charge on any atom is 0.136 e. The third kappa shape index (κ3) is 3.08. The van der Waals surface area contributed by atoms with Crippen LogP contribution >= 0.6 is 0 Å². The third-order valence-corrected chi connectivity index (χ3v) is 11.1. The van der Waals surface area contributed by atoms with Crippen LogP contribution in [0, 0.1) is 52.3 Å². The fourth-order valence-electron chi connectivity index (χ4n) is 9.32. The highest BCUT2D eigenvalue weighted by Gasteiger charge is 2.62. The molecule has 4 fully saturated rings. The van der Waals surface area contributed by atoms with Crippen LogP contribution in [0.5, 0.6) is 0 Å². The van der Waals surface area contributed by atoms with E-state index in [0.717, 1.165) is 44.1 Å². The van der Waals surface area contributed by atoms with Crippen molar-refractivity contribution in [2.24, 2.45) is 57.2 Å². The summed E-state index contributed by atoms with van der Waals surface area (Å²) in [6, 6.07) is 0. The molecule has 3 nitrogen and oxygen atoms in total. The number of fused-ring (bicyclic) bond motifs is 5. The molecule has 2 unspecified atom stereocenters. The lowest BCUT2D eigenvalue weighted by Crippen LogP contribution is -2.57. The molecule has 1 N–H and O–H groups in total. The average Bonchev–Trinajstić information content (AvgIpc) is 3.07. The molecular formula is C27H43NO2. The van der Waals surface area contributed by atoms with Gasteiger partial charge in [0.25, 0.3) is 0 Å². The van der Waals surface area contributed by atoms with Gasteiger partial charge < -0.3 is 5.11 Å². The second-order valence-electron chi connectivity index (χ2n) is 12.5. The van der Waals surface area contributed by atoms with Gasteiger partial charge in [0, 0.05) is 24.6 Å². The minimum atomic E-state index is -0.256. The molecule has 0 spiro atoms. The Hall–Kier alpha value is -0.700. The first-order valence-electron chi connectivity index (χ1n) is 13.0. The molecule has 168 valence electrons. The molecule has 0 aromatic heterocycles. The van der Waals surface area contributed by atoms with Crippen molar-refractivity contribution in [1.29, 1.82) is 0 Å². The second-order valence-corrected chi connectivity index (χ2v) is 12.5. The molecule has 0 saturated heterocycles. The van der Waals surface area contributed by atoms with Crippen LogP contribution in [0.15, 0.2) is 4.99 Å². The predicted octanol–water partition coefficient (Wildman–Crippen LogP) is 5.69. The number of hydrogen-bond acceptors (Lipinski definition) is 3. The quantitative estimate of drug-likeness (QED) is 0.632. The summed E-state index contributed by atoms with van der Waals surface area (Å²) in [5.74, 6) is 4.66. The number of carbonyl (C=O) groups excluding carboxylic acids is 1. The molecule has 5 rings (SSSR count). The molecule has 3 heteroatoms. The Kier molecular flexibility index (Phi) is 5.24. The van der Waals surface area contributed by atoms with Crippen molar-refractivity contribution >= 4 is 11.5 Å². The first kappa shape index (κ1) is 21.2. The van der Waals surface area contributed by atoms with Crippen LogP contribution in [0.4, 0.5) is 0 Å². The highest BCUT2D eigenvalue weighted by Crippen LogP contribution is 2.67. The van der Waals surface area contributed by atoms with Crippen LogP contribution in [0.3, 0.4) is 0 Å². The van der Waals surface area contributed by atoms with E-state index in [2.05, 4.69) is 27.7 Å². The Bertz CT molecular complexity index is 730. The first-order valence-corrected chi connectivity index (χ1v) is 13.0. The van der Waals surface area contributed by atoms with E-state index in [0.29, 0.717) is 34.9 Å². The molecule has 0 aromatic carbocycles. The molecule has 0 amide bonds. The van der Waals surface area contributed by atoms with E-state index in [1.165, 1.54) is 44.2 Å². The average molecular weight is 414 g/mol. The molecule has 1 aliphatic heterocycles. The van der Waals surface area contributed by atoms with E-state index in [1.807, 2.05) is 0 Å². The molecule has 4 aliphatic carbocycles. The van der Waals surface area contributed by atoms with Crippen LogP contribution in [-0.4, -0.2) is 29.3 Å². The van der Waals surface area contributed by atoms with Crippen LogP contribution in [0.2, 0.25) is 0 Å². The standard InChI is InChI=1S/C27H43NO2/c1-16-5-8-24(28-15-16)17(2)20-6-7-21-19-14-25(30)23-13-18(29)9-11-27(23,4)22(19)10-12-26(20,21)3/h16-23,29H,5-15H2,1-4H3/t16?,17?,18-,19-,20+,21-,22-,23+,26+,27+/m0/s1. The van der Waals surface area contributed by atoms with Gasteiger partial charge >= 0.3 is 0 Å². The number of rotatable bonds is 2. The molecule has 4 saturated carbocycles. The van der Waals surface area contributed by atoms with Crippen LogP contribution < -0.4 is 0 Å². The fourth-order valence-corrected chi connectivity index (χ4v) is 9.32. The largest absolute Gasteiger partial charge is 0.393 e. The molecule has 10 atom stereocenters. The number of Topliss-reactive ketones (excluding diaryl/α,β-unsaturated/α-hetero) is 1. The van der Waals surface area contributed by atoms with Crippen molar-refractivity contribution in [2.75, 3.05) is 6.54 Å². The summed E-state index contributed by atoms with van der Waals surface area (Å²) < 4.78 is 0. The van der Waals surface area contributed by atoms with Gasteiger partial charge in [-0.3, -0.25) is 9.79 Å². The zero-order chi connectivity index (χ0) is 21.3. The van der Waals surface area contributed by atoms with Crippen molar-refractivity contribution < 1.29 is 9.90 Å². The number of aliphatic imine (C=N–C) groups is 1. The Morgan fingerprint density at radius 3 is 2.50 bits per heavy atom. The molecule has 0 bridgehead atoms. The Labute approximate surface area is 183 Å². The number of aliphatic hydroxyl groups excluding tert-OH is 1. The Morgan fingerprint density at radius 1 is 1.03 bits per heavy atom. The fraction of sp³-hybridized carbons (Fsp3) is 0.926. The monoisotopic (exact) mass is 413 g/mol. The van der Waals surface area contributed by atoms with Gasteiger partial charge in [0.1, 0.15) is 5.78 Å². The molecule has 0 radical (unpaired) electrons. The highest BCUT2D eigenvalue weighted by molar-refractivity contribution is 5.87. The molecule has 30 heavy (non-hydrogen) atoms. The molecular weight excluding hydrogens is 370 g/mol. The van der Waals surface area contributed by atoms with Crippen molar-refractivity contribution in [3.8, 4) is 0 Å². The van der Waals surface area contributed by atoms with Gasteiger partial charge in [-0.2, -0.15) is 0 Å². The van der Waals surface area contributed by atoms with Gasteiger partial charge in [-0.15, -0.1) is 0 Å². The van der Waals surface area contributed by atoms with Gasteiger partial charge in [0.15, 0.2) is 0 Å². The van der Waals surface area contributed by atoms with Gasteiger partial charge in [0.05, 0.1) is 6.10 Å². The van der Waals surface area contributed by atoms with Crippen molar-refractivity contribution in [2.45, 2.75) is 98.0 Å². The summed E-state index contributed by atoms with van der Waals surface area (Å²) in [5.41, 5.74) is 2.01. The van der Waals surface area contributed by atoms with E-state index in [-0.39, 0.29) is 17.4 Å². The van der Waals surface area contributed by atoms with E-state index in [4.69, 9.17) is 4.99 Å². The zero-order valence-electron chi connectivity index (χ0n) is 19.7. The lowest BCUT2D eigenvalue weighted by molar-refractivity contribution is -0.159. The number of nitrogens with zero attached hydrogens (tertiary/aromatic N) is 1. The lowest BCUT2D eigenvalue weighted by Gasteiger charge is -2.60. The summed E-state index contributed by atoms with van der Waals surface area (Å²) >= 11 is 0. The van der Waals surface area contributed by atoms with Gasteiger partial charge in [-0.1, -0.05) is 27.7 Å². The molecule has 0 aromatic rings. The van der Waals surface area contributed by atoms with Crippen LogP contribution in [0.1, 0.15) is 91.9 Å². The lowest BCUT2D eigenvalue weighted by atomic mass is 9.44. The zero-order valence-corrected chi connectivity index (χ0v) is 19.7.